The third kappa shape index (κ3) is 2.32. The van der Waals surface area contributed by atoms with Crippen molar-refractivity contribution in [3.05, 3.63) is 103 Å². The molecule has 3 heteroatoms. The number of nitrogens with zero attached hydrogens (tertiary/aromatic N) is 1. The van der Waals surface area contributed by atoms with E-state index >= 15 is 0 Å². The first-order valence-electron chi connectivity index (χ1n) is 11.9. The van der Waals surface area contributed by atoms with Crippen LogP contribution < -0.4 is 0 Å². The molecular weight excluding hydrogens is 462 g/mol. The Morgan fingerprint density at radius 2 is 1.03 bits per heavy atom. The predicted octanol–water partition coefficient (Wildman–Crippen LogP) is 10.1. The second-order valence-electron chi connectivity index (χ2n) is 9.39. The maximum absolute atomic E-state index is 2.45. The molecule has 4 aromatic heterocycles. The first-order chi connectivity index (χ1) is 17.3. The summed E-state index contributed by atoms with van der Waals surface area (Å²) in [4.78, 5) is 0. The molecule has 0 bridgehead atoms. The summed E-state index contributed by atoms with van der Waals surface area (Å²) in [5.41, 5.74) is 2.59. The Kier molecular flexibility index (Phi) is 3.36. The molecule has 0 saturated heterocycles. The molecule has 0 amide bonds. The summed E-state index contributed by atoms with van der Waals surface area (Å²) in [5, 5.41) is 12.0. The van der Waals surface area contributed by atoms with Crippen LogP contribution in [0.15, 0.2) is 103 Å². The van der Waals surface area contributed by atoms with Gasteiger partial charge in [-0.25, -0.2) is 0 Å². The fourth-order valence-corrected chi connectivity index (χ4v) is 8.24. The number of thiophene rings is 2. The molecule has 0 saturated carbocycles. The van der Waals surface area contributed by atoms with Gasteiger partial charge in [0.25, 0.3) is 0 Å². The number of pyridine rings is 1. The summed E-state index contributed by atoms with van der Waals surface area (Å²) in [7, 11) is 0. The Morgan fingerprint density at radius 3 is 1.77 bits per heavy atom. The zero-order valence-corrected chi connectivity index (χ0v) is 20.2. The maximum atomic E-state index is 2.45. The standard InChI is InChI=1S/C32H17NS2/c1-2-8-19-18(7-1)17-33-27-16-31-24(20-9-3-6-12-29(20)35-31)13-23(27)22-15-30-25(14-26(22)32(19)33)21-10-4-5-11-28(21)34-30/h1-17H. The minimum absolute atomic E-state index is 1.28. The minimum atomic E-state index is 1.28. The molecular formula is C32H17NS2. The zero-order valence-electron chi connectivity index (χ0n) is 18.6. The highest BCUT2D eigenvalue weighted by Crippen LogP contribution is 2.44. The van der Waals surface area contributed by atoms with Crippen molar-refractivity contribution in [2.75, 3.05) is 0 Å². The monoisotopic (exact) mass is 479 g/mol. The Balaban J connectivity index is 1.60. The highest BCUT2D eigenvalue weighted by Gasteiger charge is 2.17. The van der Waals surface area contributed by atoms with E-state index in [-0.39, 0.29) is 0 Å². The Bertz CT molecular complexity index is 2330. The van der Waals surface area contributed by atoms with E-state index in [1.807, 2.05) is 22.7 Å². The van der Waals surface area contributed by atoms with E-state index in [0.29, 0.717) is 0 Å². The molecule has 162 valence electrons. The Labute approximate surface area is 208 Å². The smallest absolute Gasteiger partial charge is 0.0613 e. The van der Waals surface area contributed by atoms with Crippen LogP contribution >= 0.6 is 22.7 Å². The number of hydrogen-bond acceptors (Lipinski definition) is 2. The second kappa shape index (κ2) is 6.39. The van der Waals surface area contributed by atoms with Gasteiger partial charge in [0.1, 0.15) is 0 Å². The van der Waals surface area contributed by atoms with Gasteiger partial charge < -0.3 is 4.40 Å². The summed E-state index contributed by atoms with van der Waals surface area (Å²) in [6, 6.07) is 36.1. The molecule has 0 atom stereocenters. The van der Waals surface area contributed by atoms with Crippen molar-refractivity contribution in [3.8, 4) is 0 Å². The van der Waals surface area contributed by atoms with Gasteiger partial charge in [0.2, 0.25) is 0 Å². The number of rotatable bonds is 0. The molecule has 0 radical (unpaired) electrons. The molecule has 35 heavy (non-hydrogen) atoms. The lowest BCUT2D eigenvalue weighted by atomic mass is 9.99. The largest absolute Gasteiger partial charge is 0.315 e. The van der Waals surface area contributed by atoms with Crippen molar-refractivity contribution >= 4 is 101 Å². The van der Waals surface area contributed by atoms with E-state index in [1.165, 1.54) is 78.3 Å². The van der Waals surface area contributed by atoms with Crippen molar-refractivity contribution in [1.82, 2.24) is 4.40 Å². The Morgan fingerprint density at radius 1 is 0.429 bits per heavy atom. The molecule has 0 unspecified atom stereocenters. The van der Waals surface area contributed by atoms with Gasteiger partial charge in [0.15, 0.2) is 0 Å². The Hall–Kier alpha value is -3.92. The van der Waals surface area contributed by atoms with E-state index in [2.05, 4.69) is 108 Å². The zero-order chi connectivity index (χ0) is 22.7. The number of fused-ring (bicyclic) bond motifs is 14. The van der Waals surface area contributed by atoms with Crippen molar-refractivity contribution in [2.24, 2.45) is 0 Å². The molecule has 0 aliphatic rings. The molecule has 4 heterocycles. The van der Waals surface area contributed by atoms with Crippen LogP contribution in [0.3, 0.4) is 0 Å². The molecule has 0 spiro atoms. The predicted molar refractivity (Wildman–Crippen MR) is 156 cm³/mol. The molecule has 0 N–H and O–H groups in total. The van der Waals surface area contributed by atoms with E-state index in [1.54, 1.807) is 0 Å². The highest BCUT2D eigenvalue weighted by molar-refractivity contribution is 7.26. The van der Waals surface area contributed by atoms with E-state index in [9.17, 15) is 0 Å². The van der Waals surface area contributed by atoms with Gasteiger partial charge in [0, 0.05) is 68.1 Å². The van der Waals surface area contributed by atoms with Gasteiger partial charge in [-0.3, -0.25) is 0 Å². The lowest BCUT2D eigenvalue weighted by molar-refractivity contribution is 1.30. The molecule has 9 rings (SSSR count). The first kappa shape index (κ1) is 18.4. The van der Waals surface area contributed by atoms with Crippen LogP contribution in [0.4, 0.5) is 0 Å². The minimum Gasteiger partial charge on any atom is -0.315 e. The van der Waals surface area contributed by atoms with Crippen LogP contribution in [0.25, 0.3) is 78.3 Å². The molecule has 0 fully saturated rings. The van der Waals surface area contributed by atoms with Crippen molar-refractivity contribution in [3.63, 3.8) is 0 Å². The van der Waals surface area contributed by atoms with Gasteiger partial charge in [0.05, 0.1) is 11.0 Å². The molecule has 0 aliphatic carbocycles. The lowest BCUT2D eigenvalue weighted by Gasteiger charge is -2.11. The van der Waals surface area contributed by atoms with Crippen LogP contribution in [-0.2, 0) is 0 Å². The van der Waals surface area contributed by atoms with Crippen LogP contribution in [0, 0.1) is 0 Å². The van der Waals surface area contributed by atoms with Crippen LogP contribution in [0.2, 0.25) is 0 Å². The van der Waals surface area contributed by atoms with E-state index in [4.69, 9.17) is 0 Å². The molecule has 5 aromatic carbocycles. The van der Waals surface area contributed by atoms with Gasteiger partial charge in [-0.05, 0) is 41.8 Å². The number of hydrogen-bond donors (Lipinski definition) is 0. The molecule has 9 aromatic rings. The average molecular weight is 480 g/mol. The number of aromatic nitrogens is 1. The first-order valence-corrected chi connectivity index (χ1v) is 13.5. The maximum Gasteiger partial charge on any atom is 0.0613 e. The topological polar surface area (TPSA) is 4.41 Å². The average Bonchev–Trinajstić information content (AvgIpc) is 3.57. The third-order valence-corrected chi connectivity index (χ3v) is 9.81. The van der Waals surface area contributed by atoms with Gasteiger partial charge in [-0.15, -0.1) is 22.7 Å². The fraction of sp³-hybridized carbons (Fsp3) is 0. The van der Waals surface area contributed by atoms with Gasteiger partial charge in [-0.1, -0.05) is 60.7 Å². The summed E-state index contributed by atoms with van der Waals surface area (Å²) >= 11 is 3.79. The quantitative estimate of drug-likeness (QED) is 0.191. The van der Waals surface area contributed by atoms with Crippen LogP contribution in [0.1, 0.15) is 0 Å². The van der Waals surface area contributed by atoms with Crippen molar-refractivity contribution < 1.29 is 0 Å². The van der Waals surface area contributed by atoms with Crippen LogP contribution in [0.5, 0.6) is 0 Å². The van der Waals surface area contributed by atoms with E-state index in [0.717, 1.165) is 0 Å². The lowest BCUT2D eigenvalue weighted by Crippen LogP contribution is -1.90. The van der Waals surface area contributed by atoms with Gasteiger partial charge in [-0.2, -0.15) is 0 Å². The summed E-state index contributed by atoms with van der Waals surface area (Å²) in [6.45, 7) is 0. The SMILES string of the molecule is c1ccc2c(c1)cn1c3cc4sc5ccccc5c4cc3c3cc4sc5ccccc5c4cc3c21. The van der Waals surface area contributed by atoms with Crippen LogP contribution in [-0.4, -0.2) is 4.40 Å². The summed E-state index contributed by atoms with van der Waals surface area (Å²) in [5.74, 6) is 0. The molecule has 1 nitrogen and oxygen atoms in total. The molecule has 0 aliphatic heterocycles. The second-order valence-corrected chi connectivity index (χ2v) is 11.6. The van der Waals surface area contributed by atoms with E-state index < -0.39 is 0 Å². The highest BCUT2D eigenvalue weighted by atomic mass is 32.1. The van der Waals surface area contributed by atoms with Gasteiger partial charge >= 0.3 is 0 Å². The normalized spacial score (nSPS) is 12.6. The number of benzene rings is 5. The third-order valence-electron chi connectivity index (χ3n) is 7.54. The summed E-state index contributed by atoms with van der Waals surface area (Å²) in [6.07, 6.45) is 2.32. The fourth-order valence-electron chi connectivity index (χ4n) is 5.99. The van der Waals surface area contributed by atoms with Crippen molar-refractivity contribution in [1.29, 1.82) is 0 Å². The van der Waals surface area contributed by atoms with Crippen molar-refractivity contribution in [2.45, 2.75) is 0 Å². The summed E-state index contributed by atoms with van der Waals surface area (Å²) < 4.78 is 7.84.